The number of benzene rings is 1. The lowest BCUT2D eigenvalue weighted by Gasteiger charge is -2.08. The van der Waals surface area contributed by atoms with Crippen LogP contribution in [0.4, 0.5) is 17.2 Å². The van der Waals surface area contributed by atoms with Gasteiger partial charge in [-0.2, -0.15) is 0 Å². The number of anilines is 3. The summed E-state index contributed by atoms with van der Waals surface area (Å²) >= 11 is 5.85. The van der Waals surface area contributed by atoms with Gasteiger partial charge in [0.15, 0.2) is 0 Å². The van der Waals surface area contributed by atoms with Crippen LogP contribution >= 0.6 is 11.6 Å². The molecule has 0 radical (unpaired) electrons. The summed E-state index contributed by atoms with van der Waals surface area (Å²) in [4.78, 5) is 20.1. The van der Waals surface area contributed by atoms with E-state index in [9.17, 15) is 4.79 Å². The molecule has 0 aliphatic carbocycles. The van der Waals surface area contributed by atoms with Crippen molar-refractivity contribution < 1.29 is 4.79 Å². The Balaban J connectivity index is 1.65. The molecule has 2 aromatic heterocycles. The molecule has 0 atom stereocenters. The van der Waals surface area contributed by atoms with Gasteiger partial charge in [-0.05, 0) is 48.5 Å². The van der Waals surface area contributed by atoms with Gasteiger partial charge in [0.1, 0.15) is 5.82 Å². The Morgan fingerprint density at radius 1 is 0.957 bits per heavy atom. The third-order valence-electron chi connectivity index (χ3n) is 3.06. The molecule has 114 valence electrons. The van der Waals surface area contributed by atoms with Crippen molar-refractivity contribution >= 4 is 34.7 Å². The number of hydrogen-bond donors (Lipinski definition) is 2. The van der Waals surface area contributed by atoms with E-state index < -0.39 is 0 Å². The van der Waals surface area contributed by atoms with Gasteiger partial charge in [-0.25, -0.2) is 4.98 Å². The number of halogens is 1. The van der Waals surface area contributed by atoms with Crippen LogP contribution in [0.15, 0.2) is 67.1 Å². The summed E-state index contributed by atoms with van der Waals surface area (Å²) in [6.45, 7) is 0. The molecule has 3 rings (SSSR count). The van der Waals surface area contributed by atoms with Crippen LogP contribution in [-0.2, 0) is 0 Å². The topological polar surface area (TPSA) is 66.9 Å². The maximum Gasteiger partial charge on any atom is 0.258 e. The number of nitrogens with zero attached hydrogens (tertiary/aromatic N) is 2. The van der Waals surface area contributed by atoms with E-state index >= 15 is 0 Å². The van der Waals surface area contributed by atoms with Crippen LogP contribution in [0.3, 0.4) is 0 Å². The largest absolute Gasteiger partial charge is 0.354 e. The number of carbonyl (C=O) groups is 1. The van der Waals surface area contributed by atoms with E-state index in [0.29, 0.717) is 16.4 Å². The molecule has 5 nitrogen and oxygen atoms in total. The monoisotopic (exact) mass is 324 g/mol. The lowest BCUT2D eigenvalue weighted by atomic mass is 10.2. The number of hydrogen-bond acceptors (Lipinski definition) is 4. The molecule has 23 heavy (non-hydrogen) atoms. The third kappa shape index (κ3) is 4.05. The van der Waals surface area contributed by atoms with Gasteiger partial charge in [-0.15, -0.1) is 0 Å². The second-order valence-electron chi connectivity index (χ2n) is 4.76. The van der Waals surface area contributed by atoms with E-state index in [4.69, 9.17) is 11.6 Å². The fourth-order valence-electron chi connectivity index (χ4n) is 1.93. The molecule has 1 aromatic carbocycles. The Hall–Kier alpha value is -2.92. The highest BCUT2D eigenvalue weighted by Crippen LogP contribution is 2.19. The summed E-state index contributed by atoms with van der Waals surface area (Å²) in [5.41, 5.74) is 2.20. The predicted molar refractivity (Wildman–Crippen MR) is 91.2 cm³/mol. The van der Waals surface area contributed by atoms with E-state index in [1.165, 1.54) is 6.20 Å². The van der Waals surface area contributed by atoms with Crippen molar-refractivity contribution in [1.29, 1.82) is 0 Å². The van der Waals surface area contributed by atoms with Crippen molar-refractivity contribution in [2.75, 3.05) is 10.6 Å². The van der Waals surface area contributed by atoms with Crippen molar-refractivity contribution in [1.82, 2.24) is 9.97 Å². The van der Waals surface area contributed by atoms with E-state index in [-0.39, 0.29) is 5.91 Å². The number of rotatable bonds is 4. The van der Waals surface area contributed by atoms with Crippen molar-refractivity contribution in [3.05, 3.63) is 77.7 Å². The second-order valence-corrected chi connectivity index (χ2v) is 5.20. The van der Waals surface area contributed by atoms with Gasteiger partial charge in [-0.1, -0.05) is 11.6 Å². The number of aromatic nitrogens is 2. The minimum Gasteiger partial charge on any atom is -0.354 e. The fraction of sp³-hybridized carbons (Fsp3) is 0. The fourth-order valence-corrected chi connectivity index (χ4v) is 2.05. The van der Waals surface area contributed by atoms with Gasteiger partial charge in [0.05, 0.1) is 17.4 Å². The van der Waals surface area contributed by atoms with E-state index in [1.807, 2.05) is 18.2 Å². The molecule has 0 aliphatic heterocycles. The molecule has 6 heteroatoms. The first-order valence-corrected chi connectivity index (χ1v) is 7.28. The summed E-state index contributed by atoms with van der Waals surface area (Å²) in [6.07, 6.45) is 4.77. The van der Waals surface area contributed by atoms with E-state index in [2.05, 4.69) is 20.6 Å². The Morgan fingerprint density at radius 3 is 2.39 bits per heavy atom. The zero-order chi connectivity index (χ0) is 16.1. The van der Waals surface area contributed by atoms with Gasteiger partial charge < -0.3 is 10.6 Å². The first-order valence-electron chi connectivity index (χ1n) is 6.91. The molecule has 0 unspecified atom stereocenters. The highest BCUT2D eigenvalue weighted by Gasteiger charge is 2.06. The summed E-state index contributed by atoms with van der Waals surface area (Å²) < 4.78 is 0. The lowest BCUT2D eigenvalue weighted by molar-refractivity contribution is 0.102. The quantitative estimate of drug-likeness (QED) is 0.757. The van der Waals surface area contributed by atoms with Crippen molar-refractivity contribution in [3.63, 3.8) is 0 Å². The van der Waals surface area contributed by atoms with E-state index in [0.717, 1.165) is 11.4 Å². The zero-order valence-electron chi connectivity index (χ0n) is 12.0. The van der Waals surface area contributed by atoms with Gasteiger partial charge >= 0.3 is 0 Å². The molecule has 2 N–H and O–H groups in total. The minimum absolute atomic E-state index is 0.246. The third-order valence-corrected chi connectivity index (χ3v) is 3.31. The molecular weight excluding hydrogens is 312 g/mol. The normalized spacial score (nSPS) is 10.1. The van der Waals surface area contributed by atoms with Gasteiger partial charge in [0, 0.05) is 23.1 Å². The molecule has 0 aliphatic rings. The average Bonchev–Trinajstić information content (AvgIpc) is 2.59. The van der Waals surface area contributed by atoms with Crippen molar-refractivity contribution in [2.45, 2.75) is 0 Å². The summed E-state index contributed by atoms with van der Waals surface area (Å²) in [5, 5.41) is 6.60. The molecule has 0 saturated carbocycles. The number of carbonyl (C=O) groups excluding carboxylic acids is 1. The van der Waals surface area contributed by atoms with Crippen LogP contribution in [0.5, 0.6) is 0 Å². The Kier molecular flexibility index (Phi) is 4.49. The van der Waals surface area contributed by atoms with Crippen LogP contribution < -0.4 is 10.6 Å². The number of amides is 1. The molecular formula is C17H13ClN4O. The maximum absolute atomic E-state index is 12.0. The SMILES string of the molecule is O=C(Nc1ccc(Nc2ccc(Cl)cc2)cn1)c1cccnc1. The van der Waals surface area contributed by atoms with Crippen LogP contribution in [0.25, 0.3) is 0 Å². The standard InChI is InChI=1S/C17H13ClN4O/c18-13-3-5-14(6-4-13)21-15-7-8-16(20-11-15)22-17(23)12-2-1-9-19-10-12/h1-11,21H,(H,20,22,23). The Bertz CT molecular complexity index is 789. The summed E-state index contributed by atoms with van der Waals surface area (Å²) in [5.74, 6) is 0.226. The van der Waals surface area contributed by atoms with E-state index in [1.54, 1.807) is 42.7 Å². The molecule has 1 amide bonds. The Morgan fingerprint density at radius 2 is 1.74 bits per heavy atom. The average molecular weight is 325 g/mol. The first-order chi connectivity index (χ1) is 11.2. The summed E-state index contributed by atoms with van der Waals surface area (Å²) in [6, 6.07) is 14.3. The zero-order valence-corrected chi connectivity index (χ0v) is 12.8. The maximum atomic E-state index is 12.0. The molecule has 0 bridgehead atoms. The van der Waals surface area contributed by atoms with Crippen molar-refractivity contribution in [2.24, 2.45) is 0 Å². The molecule has 0 saturated heterocycles. The van der Waals surface area contributed by atoms with Gasteiger partial charge in [0.25, 0.3) is 5.91 Å². The van der Waals surface area contributed by atoms with Crippen LogP contribution in [0.2, 0.25) is 5.02 Å². The van der Waals surface area contributed by atoms with Crippen LogP contribution in [0, 0.1) is 0 Å². The number of pyridine rings is 2. The Labute approximate surface area is 138 Å². The molecule has 0 spiro atoms. The second kappa shape index (κ2) is 6.89. The van der Waals surface area contributed by atoms with Crippen LogP contribution in [-0.4, -0.2) is 15.9 Å². The van der Waals surface area contributed by atoms with Gasteiger partial charge in [0.2, 0.25) is 0 Å². The minimum atomic E-state index is -0.246. The highest BCUT2D eigenvalue weighted by atomic mass is 35.5. The molecule has 2 heterocycles. The van der Waals surface area contributed by atoms with Crippen molar-refractivity contribution in [3.8, 4) is 0 Å². The smallest absolute Gasteiger partial charge is 0.258 e. The molecule has 0 fully saturated rings. The molecule has 3 aromatic rings. The van der Waals surface area contributed by atoms with Crippen LogP contribution in [0.1, 0.15) is 10.4 Å². The lowest BCUT2D eigenvalue weighted by Crippen LogP contribution is -2.13. The highest BCUT2D eigenvalue weighted by molar-refractivity contribution is 6.30. The van der Waals surface area contributed by atoms with Gasteiger partial charge in [-0.3, -0.25) is 9.78 Å². The summed E-state index contributed by atoms with van der Waals surface area (Å²) in [7, 11) is 0. The first kappa shape index (κ1) is 15.0. The number of nitrogens with one attached hydrogen (secondary N) is 2. The predicted octanol–water partition coefficient (Wildman–Crippen LogP) is 4.13.